The van der Waals surface area contributed by atoms with Crippen LogP contribution in [-0.4, -0.2) is 52.6 Å². The molecule has 0 spiro atoms. The molecule has 0 radical (unpaired) electrons. The molecule has 1 saturated heterocycles. The molecule has 1 N–H and O–H groups in total. The minimum Gasteiger partial charge on any atom is -0.465 e. The van der Waals surface area contributed by atoms with Gasteiger partial charge >= 0.3 is 12.1 Å². The Morgan fingerprint density at radius 3 is 2.59 bits per heavy atom. The Kier molecular flexibility index (Phi) is 4.78. The fourth-order valence-electron chi connectivity index (χ4n) is 5.56. The van der Waals surface area contributed by atoms with E-state index in [1.165, 1.54) is 7.11 Å². The first kappa shape index (κ1) is 21.2. The van der Waals surface area contributed by atoms with Crippen molar-refractivity contribution in [1.82, 2.24) is 14.9 Å². The van der Waals surface area contributed by atoms with Gasteiger partial charge in [0.25, 0.3) is 0 Å². The highest BCUT2D eigenvalue weighted by atomic mass is 16.6. The number of hydrogen-bond acceptors (Lipinski definition) is 6. The largest absolute Gasteiger partial charge is 0.465 e. The zero-order valence-electron chi connectivity index (χ0n) is 19.2. The SMILES string of the molecule is COC(=O)c1ccc2nc(CC34CC(NC(=O)OC(C)(C)C)(C3)C4)n(C[C@@H]3CCO3)c2c1. The van der Waals surface area contributed by atoms with E-state index in [0.29, 0.717) is 5.56 Å². The number of methoxy groups -OCH3 is 1. The Balaban J connectivity index is 1.33. The number of nitrogens with one attached hydrogen (secondary N) is 1. The fourth-order valence-corrected chi connectivity index (χ4v) is 5.56. The molecule has 4 aliphatic rings. The number of hydrogen-bond donors (Lipinski definition) is 1. The molecule has 4 fully saturated rings. The predicted octanol–water partition coefficient (Wildman–Crippen LogP) is 3.60. The van der Waals surface area contributed by atoms with Crippen LogP contribution in [0, 0.1) is 5.41 Å². The molecule has 1 aromatic heterocycles. The first-order chi connectivity index (χ1) is 15.1. The van der Waals surface area contributed by atoms with Crippen LogP contribution in [0.15, 0.2) is 18.2 Å². The van der Waals surface area contributed by atoms with E-state index >= 15 is 0 Å². The monoisotopic (exact) mass is 441 g/mol. The van der Waals surface area contributed by atoms with Crippen LogP contribution in [0.2, 0.25) is 0 Å². The van der Waals surface area contributed by atoms with E-state index in [1.807, 2.05) is 32.9 Å². The minimum atomic E-state index is -0.497. The number of esters is 1. The number of carbonyl (C=O) groups is 2. The van der Waals surface area contributed by atoms with Crippen LogP contribution < -0.4 is 5.32 Å². The van der Waals surface area contributed by atoms with Crippen LogP contribution in [-0.2, 0) is 27.2 Å². The van der Waals surface area contributed by atoms with Crippen molar-refractivity contribution in [3.8, 4) is 0 Å². The second-order valence-corrected chi connectivity index (χ2v) is 10.7. The maximum Gasteiger partial charge on any atom is 0.408 e. The van der Waals surface area contributed by atoms with Gasteiger partial charge in [-0.3, -0.25) is 0 Å². The summed E-state index contributed by atoms with van der Waals surface area (Å²) in [6, 6.07) is 5.51. The molecule has 8 nitrogen and oxygen atoms in total. The van der Waals surface area contributed by atoms with Gasteiger partial charge in [0.2, 0.25) is 0 Å². The molecular formula is C24H31N3O5. The molecule has 32 heavy (non-hydrogen) atoms. The quantitative estimate of drug-likeness (QED) is 0.689. The summed E-state index contributed by atoms with van der Waals surface area (Å²) in [5.41, 5.74) is 1.87. The van der Waals surface area contributed by atoms with Crippen LogP contribution in [0.5, 0.6) is 0 Å². The standard InChI is InChI=1S/C24H31N3O5/c1-22(2,3)32-21(29)26-24-12-23(13-24,14-24)10-19-25-17-6-5-15(20(28)30-4)9-18(17)27(19)11-16-7-8-31-16/h5-6,9,16H,7-8,10-14H2,1-4H3,(H,26,29)/t16-,23?,24?/m0/s1. The average Bonchev–Trinajstić information content (AvgIpc) is 2.95. The first-order valence-corrected chi connectivity index (χ1v) is 11.3. The number of rotatable bonds is 6. The molecule has 1 amide bonds. The highest BCUT2D eigenvalue weighted by Gasteiger charge is 2.68. The third kappa shape index (κ3) is 3.74. The Bertz CT molecular complexity index is 1060. The normalized spacial score (nSPS) is 28.3. The zero-order valence-corrected chi connectivity index (χ0v) is 19.2. The first-order valence-electron chi connectivity index (χ1n) is 11.3. The van der Waals surface area contributed by atoms with Gasteiger partial charge < -0.3 is 24.1 Å². The Morgan fingerprint density at radius 2 is 2.00 bits per heavy atom. The van der Waals surface area contributed by atoms with E-state index in [1.54, 1.807) is 6.07 Å². The van der Waals surface area contributed by atoms with Crippen molar-refractivity contribution in [3.63, 3.8) is 0 Å². The van der Waals surface area contributed by atoms with Crippen molar-refractivity contribution >= 4 is 23.1 Å². The van der Waals surface area contributed by atoms with E-state index in [9.17, 15) is 9.59 Å². The summed E-state index contributed by atoms with van der Waals surface area (Å²) in [7, 11) is 1.39. The van der Waals surface area contributed by atoms with E-state index in [2.05, 4.69) is 9.88 Å². The van der Waals surface area contributed by atoms with Gasteiger partial charge in [-0.05, 0) is 70.1 Å². The van der Waals surface area contributed by atoms with Gasteiger partial charge in [-0.15, -0.1) is 0 Å². The Morgan fingerprint density at radius 1 is 1.28 bits per heavy atom. The highest BCUT2D eigenvalue weighted by Crippen LogP contribution is 2.68. The number of aromatic nitrogens is 2. The van der Waals surface area contributed by atoms with Gasteiger partial charge in [0.05, 0.1) is 36.4 Å². The lowest BCUT2D eigenvalue weighted by molar-refractivity contribution is -0.152. The molecule has 2 bridgehead atoms. The molecule has 2 aromatic rings. The minimum absolute atomic E-state index is 0.131. The summed E-state index contributed by atoms with van der Waals surface area (Å²) in [4.78, 5) is 29.2. The lowest BCUT2D eigenvalue weighted by Crippen LogP contribution is -2.75. The lowest BCUT2D eigenvalue weighted by atomic mass is 9.38. The lowest BCUT2D eigenvalue weighted by Gasteiger charge is -2.70. The molecule has 1 atom stereocenters. The van der Waals surface area contributed by atoms with Crippen LogP contribution in [0.3, 0.4) is 0 Å². The third-order valence-electron chi connectivity index (χ3n) is 6.87. The second kappa shape index (κ2) is 7.20. The smallest absolute Gasteiger partial charge is 0.408 e. The zero-order chi connectivity index (χ0) is 22.7. The maximum atomic E-state index is 12.2. The van der Waals surface area contributed by atoms with Crippen molar-refractivity contribution < 1.29 is 23.8 Å². The van der Waals surface area contributed by atoms with Crippen LogP contribution >= 0.6 is 0 Å². The van der Waals surface area contributed by atoms with E-state index in [0.717, 1.165) is 62.1 Å². The van der Waals surface area contributed by atoms with E-state index < -0.39 is 5.60 Å². The second-order valence-electron chi connectivity index (χ2n) is 10.7. The summed E-state index contributed by atoms with van der Waals surface area (Å²) in [5, 5.41) is 3.08. The number of alkyl carbamates (subject to hydrolysis) is 1. The van der Waals surface area contributed by atoms with Gasteiger partial charge in [0.15, 0.2) is 0 Å². The van der Waals surface area contributed by atoms with Crippen molar-refractivity contribution in [3.05, 3.63) is 29.6 Å². The van der Waals surface area contributed by atoms with Crippen LogP contribution in [0.1, 0.15) is 62.6 Å². The number of amides is 1. The van der Waals surface area contributed by atoms with E-state index in [4.69, 9.17) is 19.2 Å². The number of ether oxygens (including phenoxy) is 3. The molecule has 1 aromatic carbocycles. The highest BCUT2D eigenvalue weighted by molar-refractivity contribution is 5.93. The number of benzene rings is 1. The van der Waals surface area contributed by atoms with Gasteiger partial charge in [0.1, 0.15) is 11.4 Å². The van der Waals surface area contributed by atoms with Gasteiger partial charge in [-0.1, -0.05) is 0 Å². The van der Waals surface area contributed by atoms with Crippen molar-refractivity contribution in [1.29, 1.82) is 0 Å². The topological polar surface area (TPSA) is 91.7 Å². The van der Waals surface area contributed by atoms with Gasteiger partial charge in [-0.2, -0.15) is 0 Å². The molecule has 3 saturated carbocycles. The molecule has 2 heterocycles. The van der Waals surface area contributed by atoms with E-state index in [-0.39, 0.29) is 29.1 Å². The number of nitrogens with zero attached hydrogens (tertiary/aromatic N) is 2. The molecule has 0 unspecified atom stereocenters. The van der Waals surface area contributed by atoms with Crippen molar-refractivity contribution in [2.75, 3.05) is 13.7 Å². The van der Waals surface area contributed by atoms with Gasteiger partial charge in [-0.25, -0.2) is 14.6 Å². The molecule has 8 heteroatoms. The Hall–Kier alpha value is -2.61. The predicted molar refractivity (Wildman–Crippen MR) is 118 cm³/mol. The van der Waals surface area contributed by atoms with Crippen molar-refractivity contribution in [2.24, 2.45) is 5.41 Å². The van der Waals surface area contributed by atoms with Crippen LogP contribution in [0.4, 0.5) is 4.79 Å². The van der Waals surface area contributed by atoms with Gasteiger partial charge in [0, 0.05) is 18.6 Å². The summed E-state index contributed by atoms with van der Waals surface area (Å²) >= 11 is 0. The summed E-state index contributed by atoms with van der Waals surface area (Å²) in [6.45, 7) is 7.14. The molecule has 172 valence electrons. The fraction of sp³-hybridized carbons (Fsp3) is 0.625. The van der Waals surface area contributed by atoms with Crippen molar-refractivity contribution in [2.45, 2.75) is 76.7 Å². The number of carbonyl (C=O) groups excluding carboxylic acids is 2. The number of imidazole rings is 1. The molecule has 3 aliphatic carbocycles. The number of fused-ring (bicyclic) bond motifs is 1. The maximum absolute atomic E-state index is 12.2. The average molecular weight is 442 g/mol. The molecule has 1 aliphatic heterocycles. The summed E-state index contributed by atoms with van der Waals surface area (Å²) in [6.07, 6.45) is 4.54. The third-order valence-corrected chi connectivity index (χ3v) is 6.87. The van der Waals surface area contributed by atoms with Crippen LogP contribution in [0.25, 0.3) is 11.0 Å². The Labute approximate surface area is 187 Å². The summed E-state index contributed by atoms with van der Waals surface area (Å²) in [5.74, 6) is 0.666. The summed E-state index contributed by atoms with van der Waals surface area (Å²) < 4.78 is 18.2. The molecular weight excluding hydrogens is 410 g/mol. The molecule has 6 rings (SSSR count).